The lowest BCUT2D eigenvalue weighted by Gasteiger charge is -2.48. The normalized spacial score (nSPS) is 18.7. The molecule has 0 spiro atoms. The lowest BCUT2D eigenvalue weighted by Crippen LogP contribution is -2.63. The predicted molar refractivity (Wildman–Crippen MR) is 124 cm³/mol. The molecule has 0 atom stereocenters. The van der Waals surface area contributed by atoms with Gasteiger partial charge in [-0.25, -0.2) is 9.50 Å². The summed E-state index contributed by atoms with van der Waals surface area (Å²) in [6.45, 7) is 8.86. The number of pyridine rings is 1. The Morgan fingerprint density at radius 2 is 1.77 bits per heavy atom. The van der Waals surface area contributed by atoms with Gasteiger partial charge < -0.3 is 9.80 Å². The van der Waals surface area contributed by atoms with E-state index in [1.807, 2.05) is 29.9 Å². The van der Waals surface area contributed by atoms with E-state index in [1.54, 1.807) is 0 Å². The minimum absolute atomic E-state index is 0.656. The van der Waals surface area contributed by atoms with Gasteiger partial charge in [-0.3, -0.25) is 9.88 Å². The van der Waals surface area contributed by atoms with E-state index < -0.39 is 0 Å². The van der Waals surface area contributed by atoms with Crippen LogP contribution in [0.15, 0.2) is 48.9 Å². The molecule has 158 valence electrons. The van der Waals surface area contributed by atoms with E-state index in [-0.39, 0.29) is 0 Å². The molecule has 2 aliphatic heterocycles. The van der Waals surface area contributed by atoms with E-state index in [4.69, 9.17) is 4.98 Å². The number of likely N-dealkylation sites (N-methyl/N-ethyl adjacent to an activating group) is 1. The van der Waals surface area contributed by atoms with Crippen molar-refractivity contribution in [2.75, 3.05) is 51.2 Å². The second-order valence-electron chi connectivity index (χ2n) is 8.86. The number of hydrogen-bond acceptors (Lipinski definition) is 6. The van der Waals surface area contributed by atoms with Crippen molar-refractivity contribution in [3.8, 4) is 11.1 Å². The van der Waals surface area contributed by atoms with Crippen molar-refractivity contribution in [2.24, 2.45) is 0 Å². The number of aromatic nitrogens is 4. The second kappa shape index (κ2) is 7.28. The fourth-order valence-corrected chi connectivity index (χ4v) is 4.83. The maximum atomic E-state index is 4.82. The van der Waals surface area contributed by atoms with Gasteiger partial charge in [-0.1, -0.05) is 18.2 Å². The summed E-state index contributed by atoms with van der Waals surface area (Å²) in [5.41, 5.74) is 6.22. The van der Waals surface area contributed by atoms with E-state index in [1.165, 1.54) is 26.2 Å². The molecule has 0 bridgehead atoms. The smallest absolute Gasteiger partial charge is 0.162 e. The third-order valence-electron chi connectivity index (χ3n) is 6.76. The fraction of sp³-hybridized carbons (Fsp3) is 0.375. The van der Waals surface area contributed by atoms with Gasteiger partial charge in [-0.05, 0) is 31.7 Å². The van der Waals surface area contributed by atoms with Gasteiger partial charge in [-0.2, -0.15) is 5.10 Å². The molecule has 1 aromatic carbocycles. The minimum atomic E-state index is 0.656. The fourth-order valence-electron chi connectivity index (χ4n) is 4.83. The molecule has 2 saturated heterocycles. The van der Waals surface area contributed by atoms with Crippen LogP contribution in [0.5, 0.6) is 0 Å². The van der Waals surface area contributed by atoms with Gasteiger partial charge >= 0.3 is 0 Å². The first-order valence-corrected chi connectivity index (χ1v) is 11.0. The number of anilines is 1. The number of hydrogen-bond donors (Lipinski definition) is 0. The van der Waals surface area contributed by atoms with Crippen molar-refractivity contribution < 1.29 is 0 Å². The van der Waals surface area contributed by atoms with Crippen molar-refractivity contribution >= 4 is 22.2 Å². The number of nitrogens with zero attached hydrogens (tertiary/aromatic N) is 7. The summed E-state index contributed by atoms with van der Waals surface area (Å²) in [7, 11) is 2.21. The van der Waals surface area contributed by atoms with E-state index in [9.17, 15) is 0 Å². The minimum Gasteiger partial charge on any atom is -0.366 e. The number of piperazine rings is 1. The maximum absolute atomic E-state index is 4.82. The molecule has 4 aromatic rings. The van der Waals surface area contributed by atoms with Crippen molar-refractivity contribution in [3.05, 3.63) is 54.6 Å². The third-order valence-corrected chi connectivity index (χ3v) is 6.76. The highest BCUT2D eigenvalue weighted by Crippen LogP contribution is 2.32. The zero-order chi connectivity index (χ0) is 20.9. The molecule has 5 heterocycles. The number of rotatable bonds is 3. The van der Waals surface area contributed by atoms with Crippen LogP contribution in [0.25, 0.3) is 27.7 Å². The van der Waals surface area contributed by atoms with Gasteiger partial charge in [0.1, 0.15) is 0 Å². The zero-order valence-corrected chi connectivity index (χ0v) is 18.1. The van der Waals surface area contributed by atoms with Crippen LogP contribution in [0.2, 0.25) is 0 Å². The maximum Gasteiger partial charge on any atom is 0.162 e. The molecule has 0 saturated carbocycles. The van der Waals surface area contributed by atoms with Crippen LogP contribution < -0.4 is 4.90 Å². The molecule has 2 fully saturated rings. The highest BCUT2D eigenvalue weighted by atomic mass is 15.4. The zero-order valence-electron chi connectivity index (χ0n) is 18.1. The molecule has 6 rings (SSSR count). The van der Waals surface area contributed by atoms with Crippen LogP contribution in [0.1, 0.15) is 5.69 Å². The summed E-state index contributed by atoms with van der Waals surface area (Å²) in [5, 5.41) is 5.77. The first kappa shape index (κ1) is 18.7. The Kier molecular flexibility index (Phi) is 4.40. The SMILES string of the molecule is Cc1cc(-c2cnn3cc(N4CC(N5CCN(C)CC5)C4)cnc23)c2ccccc2n1. The summed E-state index contributed by atoms with van der Waals surface area (Å²) >= 11 is 0. The van der Waals surface area contributed by atoms with Gasteiger partial charge in [0.25, 0.3) is 0 Å². The molecule has 2 aliphatic rings. The molecule has 3 aromatic heterocycles. The molecular weight excluding hydrogens is 386 g/mol. The number of fused-ring (bicyclic) bond motifs is 2. The lowest BCUT2D eigenvalue weighted by molar-refractivity contribution is 0.0963. The van der Waals surface area contributed by atoms with Crippen molar-refractivity contribution in [2.45, 2.75) is 13.0 Å². The van der Waals surface area contributed by atoms with Crippen LogP contribution in [0, 0.1) is 6.92 Å². The van der Waals surface area contributed by atoms with Gasteiger partial charge in [0.15, 0.2) is 5.65 Å². The highest BCUT2D eigenvalue weighted by Gasteiger charge is 2.33. The number of benzene rings is 1. The topological polar surface area (TPSA) is 52.8 Å². The van der Waals surface area contributed by atoms with E-state index >= 15 is 0 Å². The molecule has 0 N–H and O–H groups in total. The van der Waals surface area contributed by atoms with Crippen molar-refractivity contribution in [1.29, 1.82) is 0 Å². The van der Waals surface area contributed by atoms with Gasteiger partial charge in [0.2, 0.25) is 0 Å². The van der Waals surface area contributed by atoms with Gasteiger partial charge in [-0.15, -0.1) is 0 Å². The Balaban J connectivity index is 1.27. The second-order valence-corrected chi connectivity index (χ2v) is 8.86. The number of para-hydroxylation sites is 1. The molecule has 0 aliphatic carbocycles. The Labute approximate surface area is 181 Å². The average Bonchev–Trinajstić information content (AvgIpc) is 3.16. The molecular formula is C24H27N7. The summed E-state index contributed by atoms with van der Waals surface area (Å²) in [5.74, 6) is 0. The molecule has 0 unspecified atom stereocenters. The summed E-state index contributed by atoms with van der Waals surface area (Å²) < 4.78 is 1.92. The van der Waals surface area contributed by atoms with Crippen LogP contribution in [0.3, 0.4) is 0 Å². The molecule has 0 amide bonds. The van der Waals surface area contributed by atoms with Gasteiger partial charge in [0.05, 0.1) is 29.8 Å². The first-order valence-electron chi connectivity index (χ1n) is 11.0. The van der Waals surface area contributed by atoms with Crippen LogP contribution in [-0.4, -0.2) is 81.7 Å². The average molecular weight is 414 g/mol. The summed E-state index contributed by atoms with van der Waals surface area (Å²) in [4.78, 5) is 16.9. The van der Waals surface area contributed by atoms with E-state index in [0.29, 0.717) is 6.04 Å². The van der Waals surface area contributed by atoms with Gasteiger partial charge in [0, 0.05) is 62.0 Å². The molecule has 7 heteroatoms. The van der Waals surface area contributed by atoms with Crippen LogP contribution in [-0.2, 0) is 0 Å². The Hall–Kier alpha value is -3.03. The predicted octanol–water partition coefficient (Wildman–Crippen LogP) is 2.69. The summed E-state index contributed by atoms with van der Waals surface area (Å²) in [6, 6.07) is 11.0. The Morgan fingerprint density at radius 3 is 2.61 bits per heavy atom. The number of aryl methyl sites for hydroxylation is 1. The monoisotopic (exact) mass is 413 g/mol. The molecule has 31 heavy (non-hydrogen) atoms. The largest absolute Gasteiger partial charge is 0.366 e. The van der Waals surface area contributed by atoms with E-state index in [0.717, 1.165) is 52.1 Å². The Morgan fingerprint density at radius 1 is 0.968 bits per heavy atom. The standard InChI is InChI=1S/C24H27N7/c1-17-11-21(20-5-3-4-6-23(20)27-17)22-13-26-31-16-18(12-25-24(22)31)30-14-19(15-30)29-9-7-28(2)8-10-29/h3-6,11-13,16,19H,7-10,14-15H2,1-2H3. The Bertz CT molecular complexity index is 1250. The van der Waals surface area contributed by atoms with E-state index in [2.05, 4.69) is 62.3 Å². The third kappa shape index (κ3) is 3.25. The first-order chi connectivity index (χ1) is 15.2. The molecule has 7 nitrogen and oxygen atoms in total. The lowest BCUT2D eigenvalue weighted by atomic mass is 10.0. The highest BCUT2D eigenvalue weighted by molar-refractivity contribution is 5.98. The van der Waals surface area contributed by atoms with Crippen LogP contribution >= 0.6 is 0 Å². The van der Waals surface area contributed by atoms with Crippen molar-refractivity contribution in [1.82, 2.24) is 29.4 Å². The molecule has 0 radical (unpaired) electrons. The van der Waals surface area contributed by atoms with Crippen LogP contribution in [0.4, 0.5) is 5.69 Å². The summed E-state index contributed by atoms with van der Waals surface area (Å²) in [6.07, 6.45) is 6.04. The quantitative estimate of drug-likeness (QED) is 0.515. The van der Waals surface area contributed by atoms with Crippen molar-refractivity contribution in [3.63, 3.8) is 0 Å².